The highest BCUT2D eigenvalue weighted by Gasteiger charge is 2.11. The van der Waals surface area contributed by atoms with Crippen LogP contribution >= 0.6 is 0 Å². The maximum absolute atomic E-state index is 11.8. The molecule has 1 aromatic carbocycles. The fourth-order valence-electron chi connectivity index (χ4n) is 1.60. The van der Waals surface area contributed by atoms with Crippen LogP contribution in [-0.4, -0.2) is 41.5 Å². The van der Waals surface area contributed by atoms with E-state index < -0.39 is 0 Å². The van der Waals surface area contributed by atoms with Crippen LogP contribution in [-0.2, 0) is 0 Å². The number of carbonyl (C=O) groups excluding carboxylic acids is 1. The van der Waals surface area contributed by atoms with Gasteiger partial charge in [0.05, 0.1) is 5.56 Å². The molecule has 0 saturated carbocycles. The van der Waals surface area contributed by atoms with Crippen molar-refractivity contribution in [2.75, 3.05) is 20.6 Å². The number of benzene rings is 1. The van der Waals surface area contributed by atoms with E-state index in [2.05, 4.69) is 4.90 Å². The Labute approximate surface area is 101 Å². The Hall–Kier alpha value is -1.55. The average molecular weight is 237 g/mol. The Balaban J connectivity index is 2.47. The number of phenolic OH excluding ortho intramolecular Hbond substituents is 2. The molecule has 0 aliphatic carbocycles. The van der Waals surface area contributed by atoms with Gasteiger partial charge >= 0.3 is 0 Å². The third-order valence-electron chi connectivity index (χ3n) is 2.54. The first-order valence-corrected chi connectivity index (χ1v) is 5.70. The standard InChI is InChI=1S/C13H19NO3/c1-14(2)8-4-3-5-12(16)11-7-6-10(15)9-13(11)17/h6-7,9,15,17H,3-5,8H2,1-2H3. The first-order valence-electron chi connectivity index (χ1n) is 5.70. The Bertz CT molecular complexity index is 388. The molecule has 0 atom stereocenters. The molecule has 0 fully saturated rings. The summed E-state index contributed by atoms with van der Waals surface area (Å²) in [6.45, 7) is 0.953. The Morgan fingerprint density at radius 1 is 1.24 bits per heavy atom. The summed E-state index contributed by atoms with van der Waals surface area (Å²) in [7, 11) is 3.99. The van der Waals surface area contributed by atoms with Crippen LogP contribution in [0.4, 0.5) is 0 Å². The van der Waals surface area contributed by atoms with E-state index in [1.165, 1.54) is 18.2 Å². The summed E-state index contributed by atoms with van der Waals surface area (Å²) in [5.74, 6) is -0.268. The molecule has 0 unspecified atom stereocenters. The minimum absolute atomic E-state index is 0.0355. The van der Waals surface area contributed by atoms with E-state index in [0.717, 1.165) is 19.4 Å². The number of carbonyl (C=O) groups is 1. The van der Waals surface area contributed by atoms with Gasteiger partial charge in [-0.3, -0.25) is 4.79 Å². The molecule has 0 aliphatic heterocycles. The Morgan fingerprint density at radius 3 is 2.53 bits per heavy atom. The van der Waals surface area contributed by atoms with Crippen molar-refractivity contribution in [1.82, 2.24) is 4.90 Å². The number of phenols is 2. The van der Waals surface area contributed by atoms with Gasteiger partial charge in [-0.05, 0) is 45.6 Å². The third-order valence-corrected chi connectivity index (χ3v) is 2.54. The molecule has 0 aliphatic rings. The fraction of sp³-hybridized carbons (Fsp3) is 0.462. The monoisotopic (exact) mass is 237 g/mol. The van der Waals surface area contributed by atoms with E-state index in [1.807, 2.05) is 14.1 Å². The maximum Gasteiger partial charge on any atom is 0.166 e. The van der Waals surface area contributed by atoms with Crippen LogP contribution < -0.4 is 0 Å². The summed E-state index contributed by atoms with van der Waals surface area (Å²) in [6, 6.07) is 4.05. The minimum Gasteiger partial charge on any atom is -0.508 e. The van der Waals surface area contributed by atoms with Gasteiger partial charge in [0.15, 0.2) is 5.78 Å². The molecule has 2 N–H and O–H groups in total. The van der Waals surface area contributed by atoms with Crippen molar-refractivity contribution in [3.63, 3.8) is 0 Å². The van der Waals surface area contributed by atoms with E-state index in [-0.39, 0.29) is 22.8 Å². The molecule has 1 aromatic rings. The van der Waals surface area contributed by atoms with Crippen molar-refractivity contribution >= 4 is 5.78 Å². The van der Waals surface area contributed by atoms with Gasteiger partial charge in [-0.2, -0.15) is 0 Å². The predicted molar refractivity (Wildman–Crippen MR) is 66.5 cm³/mol. The van der Waals surface area contributed by atoms with Gasteiger partial charge in [0, 0.05) is 12.5 Å². The van der Waals surface area contributed by atoms with Crippen LogP contribution in [0.5, 0.6) is 11.5 Å². The predicted octanol–water partition coefficient (Wildman–Crippen LogP) is 2.01. The zero-order valence-electron chi connectivity index (χ0n) is 10.3. The lowest BCUT2D eigenvalue weighted by Crippen LogP contribution is -2.13. The summed E-state index contributed by atoms with van der Waals surface area (Å²) < 4.78 is 0. The van der Waals surface area contributed by atoms with E-state index in [1.54, 1.807) is 0 Å². The first kappa shape index (κ1) is 13.5. The summed E-state index contributed by atoms with van der Waals surface area (Å²) in [4.78, 5) is 13.8. The third kappa shape index (κ3) is 4.44. The smallest absolute Gasteiger partial charge is 0.166 e. The van der Waals surface area contributed by atoms with Crippen molar-refractivity contribution in [3.05, 3.63) is 23.8 Å². The Kier molecular flexibility index (Phi) is 4.97. The van der Waals surface area contributed by atoms with Crippen molar-refractivity contribution < 1.29 is 15.0 Å². The largest absolute Gasteiger partial charge is 0.508 e. The fourth-order valence-corrected chi connectivity index (χ4v) is 1.60. The van der Waals surface area contributed by atoms with Crippen LogP contribution in [0.15, 0.2) is 18.2 Å². The first-order chi connectivity index (χ1) is 8.00. The average Bonchev–Trinajstić information content (AvgIpc) is 2.23. The van der Waals surface area contributed by atoms with Gasteiger partial charge in [0.25, 0.3) is 0 Å². The van der Waals surface area contributed by atoms with E-state index >= 15 is 0 Å². The molecule has 4 nitrogen and oxygen atoms in total. The molecule has 0 heterocycles. The molecule has 0 aromatic heterocycles. The normalized spacial score (nSPS) is 10.8. The topological polar surface area (TPSA) is 60.8 Å². The lowest BCUT2D eigenvalue weighted by atomic mass is 10.0. The van der Waals surface area contributed by atoms with E-state index in [4.69, 9.17) is 5.11 Å². The second-order valence-corrected chi connectivity index (χ2v) is 4.39. The van der Waals surface area contributed by atoms with Gasteiger partial charge in [0.1, 0.15) is 11.5 Å². The SMILES string of the molecule is CN(C)CCCCC(=O)c1ccc(O)cc1O. The quantitative estimate of drug-likeness (QED) is 0.587. The van der Waals surface area contributed by atoms with Gasteiger partial charge < -0.3 is 15.1 Å². The summed E-state index contributed by atoms with van der Waals surface area (Å²) in [5.41, 5.74) is 0.285. The highest BCUT2D eigenvalue weighted by atomic mass is 16.3. The van der Waals surface area contributed by atoms with Gasteiger partial charge in [0.2, 0.25) is 0 Å². The van der Waals surface area contributed by atoms with Crippen LogP contribution in [0.3, 0.4) is 0 Å². The number of ketones is 1. The second-order valence-electron chi connectivity index (χ2n) is 4.39. The molecular formula is C13H19NO3. The van der Waals surface area contributed by atoms with E-state index in [9.17, 15) is 9.90 Å². The molecule has 0 saturated heterocycles. The van der Waals surface area contributed by atoms with Crippen LogP contribution in [0.2, 0.25) is 0 Å². The minimum atomic E-state index is -0.150. The Morgan fingerprint density at radius 2 is 1.94 bits per heavy atom. The van der Waals surface area contributed by atoms with Crippen molar-refractivity contribution in [1.29, 1.82) is 0 Å². The molecule has 17 heavy (non-hydrogen) atoms. The van der Waals surface area contributed by atoms with Crippen LogP contribution in [0.1, 0.15) is 29.6 Å². The summed E-state index contributed by atoms with van der Waals surface area (Å²) in [5, 5.41) is 18.6. The summed E-state index contributed by atoms with van der Waals surface area (Å²) in [6.07, 6.45) is 2.18. The van der Waals surface area contributed by atoms with E-state index in [0.29, 0.717) is 6.42 Å². The lowest BCUT2D eigenvalue weighted by molar-refractivity contribution is 0.0976. The van der Waals surface area contributed by atoms with Gasteiger partial charge in [-0.25, -0.2) is 0 Å². The number of rotatable bonds is 6. The van der Waals surface area contributed by atoms with Gasteiger partial charge in [-0.15, -0.1) is 0 Å². The lowest BCUT2D eigenvalue weighted by Gasteiger charge is -2.08. The molecule has 0 radical (unpaired) electrons. The molecule has 94 valence electrons. The van der Waals surface area contributed by atoms with Gasteiger partial charge in [-0.1, -0.05) is 0 Å². The van der Waals surface area contributed by atoms with Crippen molar-refractivity contribution in [2.24, 2.45) is 0 Å². The number of hydrogen-bond acceptors (Lipinski definition) is 4. The highest BCUT2D eigenvalue weighted by molar-refractivity contribution is 5.98. The van der Waals surface area contributed by atoms with Crippen LogP contribution in [0.25, 0.3) is 0 Å². The maximum atomic E-state index is 11.8. The number of Topliss-reactive ketones (excluding diaryl/α,β-unsaturated/α-hetero) is 1. The molecule has 0 spiro atoms. The zero-order chi connectivity index (χ0) is 12.8. The molecular weight excluding hydrogens is 218 g/mol. The number of aromatic hydroxyl groups is 2. The number of nitrogens with zero attached hydrogens (tertiary/aromatic N) is 1. The molecule has 1 rings (SSSR count). The number of hydrogen-bond donors (Lipinski definition) is 2. The molecule has 4 heteroatoms. The zero-order valence-corrected chi connectivity index (χ0v) is 10.3. The number of unbranched alkanes of at least 4 members (excludes halogenated alkanes) is 1. The molecule has 0 amide bonds. The second kappa shape index (κ2) is 6.25. The molecule has 0 bridgehead atoms. The van der Waals surface area contributed by atoms with Crippen LogP contribution in [0, 0.1) is 0 Å². The highest BCUT2D eigenvalue weighted by Crippen LogP contribution is 2.24. The summed E-state index contributed by atoms with van der Waals surface area (Å²) >= 11 is 0. The van der Waals surface area contributed by atoms with Crippen molar-refractivity contribution in [2.45, 2.75) is 19.3 Å². The van der Waals surface area contributed by atoms with Crippen molar-refractivity contribution in [3.8, 4) is 11.5 Å².